The van der Waals surface area contributed by atoms with Gasteiger partial charge in [-0.3, -0.25) is 9.59 Å². The fourth-order valence-electron chi connectivity index (χ4n) is 5.67. The van der Waals surface area contributed by atoms with E-state index in [0.717, 1.165) is 42.5 Å². The van der Waals surface area contributed by atoms with Crippen LogP contribution in [0.25, 0.3) is 0 Å². The third kappa shape index (κ3) is 11.7. The van der Waals surface area contributed by atoms with E-state index in [0.29, 0.717) is 35.9 Å². The lowest BCUT2D eigenvalue weighted by Crippen LogP contribution is -2.16. The summed E-state index contributed by atoms with van der Waals surface area (Å²) in [5.74, 6) is -9.29. The van der Waals surface area contributed by atoms with Crippen molar-refractivity contribution in [2.24, 2.45) is 0 Å². The molecular formula is C43H29F13N2O2. The van der Waals surface area contributed by atoms with E-state index in [9.17, 15) is 66.7 Å². The van der Waals surface area contributed by atoms with Crippen molar-refractivity contribution in [3.63, 3.8) is 0 Å². The van der Waals surface area contributed by atoms with Gasteiger partial charge in [-0.2, -0.15) is 26.3 Å². The molecule has 5 aromatic carbocycles. The van der Waals surface area contributed by atoms with Gasteiger partial charge in [0.2, 0.25) is 0 Å². The Hall–Kier alpha value is -6.65. The van der Waals surface area contributed by atoms with Gasteiger partial charge in [-0.05, 0) is 101 Å². The average molecular weight is 853 g/mol. The van der Waals surface area contributed by atoms with E-state index in [4.69, 9.17) is 0 Å². The monoisotopic (exact) mass is 852 g/mol. The second-order valence-corrected chi connectivity index (χ2v) is 12.7. The number of amides is 2. The largest absolute Gasteiger partial charge is 0.416 e. The Balaban J connectivity index is 0.000000265. The number of anilines is 2. The molecule has 0 atom stereocenters. The summed E-state index contributed by atoms with van der Waals surface area (Å²) in [5, 5.41) is 4.42. The molecule has 0 spiro atoms. The number of benzene rings is 5. The average Bonchev–Trinajstić information content (AvgIpc) is 3.13. The fraction of sp³-hybridized carbons (Fsp3) is 0.116. The number of hydrogen-bond donors (Lipinski definition) is 2. The highest BCUT2D eigenvalue weighted by atomic mass is 19.4. The summed E-state index contributed by atoms with van der Waals surface area (Å²) in [6.07, 6.45) is -9.98. The Morgan fingerprint density at radius 3 is 1.65 bits per heavy atom. The van der Waals surface area contributed by atoms with Gasteiger partial charge in [0.25, 0.3) is 11.8 Å². The van der Waals surface area contributed by atoms with Crippen LogP contribution in [0.1, 0.15) is 49.3 Å². The quantitative estimate of drug-likeness (QED) is 0.0835. The zero-order valence-electron chi connectivity index (χ0n) is 30.8. The van der Waals surface area contributed by atoms with Crippen molar-refractivity contribution >= 4 is 23.2 Å². The van der Waals surface area contributed by atoms with Gasteiger partial charge in [-0.25, -0.2) is 30.7 Å². The Morgan fingerprint density at radius 2 is 1.13 bits per heavy atom. The molecule has 5 rings (SSSR count). The van der Waals surface area contributed by atoms with Crippen LogP contribution in [-0.2, 0) is 30.0 Å². The lowest BCUT2D eigenvalue weighted by atomic mass is 9.98. The molecule has 0 aliphatic heterocycles. The maximum atomic E-state index is 14.5. The topological polar surface area (TPSA) is 58.2 Å². The Bertz CT molecular complexity index is 2470. The summed E-state index contributed by atoms with van der Waals surface area (Å²) >= 11 is 0. The van der Waals surface area contributed by atoms with Crippen molar-refractivity contribution in [2.75, 3.05) is 10.6 Å². The molecule has 17 heteroatoms. The molecule has 0 aromatic heterocycles. The van der Waals surface area contributed by atoms with Gasteiger partial charge in [0.1, 0.15) is 46.3 Å². The van der Waals surface area contributed by atoms with E-state index in [1.807, 2.05) is 0 Å². The first kappa shape index (κ1) is 46.0. The summed E-state index contributed by atoms with van der Waals surface area (Å²) in [7, 11) is 0. The van der Waals surface area contributed by atoms with E-state index in [1.54, 1.807) is 13.0 Å². The molecule has 2 N–H and O–H groups in total. The van der Waals surface area contributed by atoms with Gasteiger partial charge in [0.05, 0.1) is 16.7 Å². The van der Waals surface area contributed by atoms with E-state index < -0.39 is 100 Å². The molecule has 0 unspecified atom stereocenters. The van der Waals surface area contributed by atoms with Crippen LogP contribution in [0.4, 0.5) is 68.5 Å². The molecule has 0 aliphatic rings. The lowest BCUT2D eigenvalue weighted by Gasteiger charge is -2.14. The van der Waals surface area contributed by atoms with Gasteiger partial charge in [-0.15, -0.1) is 0 Å². The summed E-state index contributed by atoms with van der Waals surface area (Å²) in [6, 6.07) is 14.5. The van der Waals surface area contributed by atoms with Crippen LogP contribution < -0.4 is 10.6 Å². The molecular weight excluding hydrogens is 823 g/mol. The molecule has 0 heterocycles. The third-order valence-corrected chi connectivity index (χ3v) is 8.50. The molecule has 0 bridgehead atoms. The summed E-state index contributed by atoms with van der Waals surface area (Å²) in [6.45, 7) is 7.44. The highest BCUT2D eigenvalue weighted by Crippen LogP contribution is 2.35. The predicted molar refractivity (Wildman–Crippen MR) is 198 cm³/mol. The van der Waals surface area contributed by atoms with Crippen molar-refractivity contribution in [2.45, 2.75) is 32.1 Å². The number of halogens is 13. The highest BCUT2D eigenvalue weighted by Gasteiger charge is 2.35. The Kier molecular flexibility index (Phi) is 14.5. The van der Waals surface area contributed by atoms with Crippen molar-refractivity contribution in [3.05, 3.63) is 201 Å². The highest BCUT2D eigenvalue weighted by molar-refractivity contribution is 6.07. The number of alkyl halides is 6. The smallest absolute Gasteiger partial charge is 0.322 e. The van der Waals surface area contributed by atoms with Crippen LogP contribution in [0, 0.1) is 36.0 Å². The second kappa shape index (κ2) is 18.9. The van der Waals surface area contributed by atoms with E-state index >= 15 is 0 Å². The minimum Gasteiger partial charge on any atom is -0.322 e. The molecule has 0 radical (unpaired) electrons. The summed E-state index contributed by atoms with van der Waals surface area (Å²) in [5.41, 5.74) is -4.41. The van der Waals surface area contributed by atoms with Crippen molar-refractivity contribution in [1.29, 1.82) is 0 Å². The molecule has 0 aliphatic carbocycles. The molecule has 5 aromatic rings. The molecule has 314 valence electrons. The normalized spacial score (nSPS) is 11.8. The van der Waals surface area contributed by atoms with E-state index in [1.165, 1.54) is 18.2 Å². The molecule has 4 nitrogen and oxygen atoms in total. The molecule has 60 heavy (non-hydrogen) atoms. The Labute approximate surface area is 333 Å². The maximum Gasteiger partial charge on any atom is 0.416 e. The lowest BCUT2D eigenvalue weighted by molar-refractivity contribution is -0.139. The van der Waals surface area contributed by atoms with Crippen LogP contribution in [0.3, 0.4) is 0 Å². The van der Waals surface area contributed by atoms with Crippen molar-refractivity contribution in [1.82, 2.24) is 0 Å². The summed E-state index contributed by atoms with van der Waals surface area (Å²) in [4.78, 5) is 24.3. The SMILES string of the molecule is C=C/C(F)=C(\C(=C)F)C(=O)Nc1ccc(Cc2ccc(F)cc2C(F)(F)F)c(F)c1.Cc1cccc(F)c1C(=O)Nc1ccc(Cc2cc(F)ccc2C(F)(F)F)c(F)c1. The first-order chi connectivity index (χ1) is 28.0. The number of allylic oxidation sites excluding steroid dienone is 2. The standard InChI is InChI=1S/C22H15F6NO.C21H14F7NO/c1-12-3-2-4-18(24)20(12)21(30)29-16-7-5-13(19(25)11-16)9-14-10-15(23)6-8-17(14)22(26,27)28;1-3-17(24)19(11(2)22)20(30)29-15-7-5-13(18(25)10-15)8-12-4-6-14(23)9-16(12)21(26,27)28/h2-8,10-11H,9H2,1H3,(H,29,30);3-7,9-10H,1-2,8H2,(H,29,30)/b;19-17-. The summed E-state index contributed by atoms with van der Waals surface area (Å²) < 4.78 is 175. The van der Waals surface area contributed by atoms with Gasteiger partial charge in [0.15, 0.2) is 0 Å². The number of carbonyl (C=O) groups is 2. The number of carbonyl (C=O) groups excluding carboxylic acids is 2. The van der Waals surface area contributed by atoms with Crippen LogP contribution in [0.2, 0.25) is 0 Å². The van der Waals surface area contributed by atoms with Crippen LogP contribution >= 0.6 is 0 Å². The fourth-order valence-corrected chi connectivity index (χ4v) is 5.67. The van der Waals surface area contributed by atoms with E-state index in [2.05, 4.69) is 23.8 Å². The minimum absolute atomic E-state index is 0.000750. The van der Waals surface area contributed by atoms with Crippen molar-refractivity contribution < 1.29 is 66.7 Å². The van der Waals surface area contributed by atoms with Gasteiger partial charge >= 0.3 is 12.4 Å². The van der Waals surface area contributed by atoms with Gasteiger partial charge in [0, 0.05) is 24.2 Å². The molecule has 0 fully saturated rings. The van der Waals surface area contributed by atoms with Crippen LogP contribution in [-0.4, -0.2) is 11.8 Å². The van der Waals surface area contributed by atoms with Crippen LogP contribution in [0.15, 0.2) is 127 Å². The first-order valence-corrected chi connectivity index (χ1v) is 17.0. The van der Waals surface area contributed by atoms with Crippen molar-refractivity contribution in [3.8, 4) is 0 Å². The van der Waals surface area contributed by atoms with Gasteiger partial charge < -0.3 is 10.6 Å². The third-order valence-electron chi connectivity index (χ3n) is 8.50. The van der Waals surface area contributed by atoms with E-state index in [-0.39, 0.29) is 33.6 Å². The molecule has 0 saturated carbocycles. The number of nitrogens with one attached hydrogen (secondary N) is 2. The number of rotatable bonds is 10. The Morgan fingerprint density at radius 1 is 0.617 bits per heavy atom. The zero-order chi connectivity index (χ0) is 44.7. The molecule has 2 amide bonds. The first-order valence-electron chi connectivity index (χ1n) is 17.0. The zero-order valence-corrected chi connectivity index (χ0v) is 30.8. The number of aryl methyl sites for hydroxylation is 1. The second-order valence-electron chi connectivity index (χ2n) is 12.7. The van der Waals surface area contributed by atoms with Crippen LogP contribution in [0.5, 0.6) is 0 Å². The minimum atomic E-state index is -4.84. The number of hydrogen-bond acceptors (Lipinski definition) is 2. The maximum absolute atomic E-state index is 14.5. The van der Waals surface area contributed by atoms with Gasteiger partial charge in [-0.1, -0.05) is 43.5 Å². The molecule has 0 saturated heterocycles. The predicted octanol–water partition coefficient (Wildman–Crippen LogP) is 12.7.